The summed E-state index contributed by atoms with van der Waals surface area (Å²) in [6.45, 7) is 8.04. The highest BCUT2D eigenvalue weighted by molar-refractivity contribution is 14.0. The third-order valence-corrected chi connectivity index (χ3v) is 5.18. The summed E-state index contributed by atoms with van der Waals surface area (Å²) >= 11 is 0. The number of hydrogen-bond acceptors (Lipinski definition) is 3. The van der Waals surface area contributed by atoms with Gasteiger partial charge in [-0.3, -0.25) is 4.99 Å². The molecule has 1 fully saturated rings. The lowest BCUT2D eigenvalue weighted by Crippen LogP contribution is -2.43. The highest BCUT2D eigenvalue weighted by atomic mass is 127. The van der Waals surface area contributed by atoms with Crippen molar-refractivity contribution in [3.05, 3.63) is 0 Å². The first-order chi connectivity index (χ1) is 10.3. The monoisotopic (exact) mass is 459 g/mol. The topological polar surface area (TPSA) is 70.6 Å². The van der Waals surface area contributed by atoms with Crippen LogP contribution in [0.5, 0.6) is 0 Å². The van der Waals surface area contributed by atoms with Gasteiger partial charge in [-0.25, -0.2) is 8.42 Å². The Morgan fingerprint density at radius 3 is 2.61 bits per heavy atom. The van der Waals surface area contributed by atoms with E-state index >= 15 is 0 Å². The summed E-state index contributed by atoms with van der Waals surface area (Å²) in [5.74, 6) is 2.52. The fourth-order valence-electron chi connectivity index (χ4n) is 2.96. The van der Waals surface area contributed by atoms with E-state index in [9.17, 15) is 8.42 Å². The zero-order valence-electron chi connectivity index (χ0n) is 15.0. The largest absolute Gasteiger partial charge is 0.357 e. The summed E-state index contributed by atoms with van der Waals surface area (Å²) in [6.07, 6.45) is 7.09. The van der Waals surface area contributed by atoms with Crippen molar-refractivity contribution in [2.45, 2.75) is 58.9 Å². The van der Waals surface area contributed by atoms with E-state index in [1.807, 2.05) is 13.8 Å². The molecule has 0 aromatic carbocycles. The van der Waals surface area contributed by atoms with Crippen LogP contribution in [0, 0.1) is 11.8 Å². The van der Waals surface area contributed by atoms with E-state index in [1.165, 1.54) is 31.9 Å². The molecule has 0 heterocycles. The Hall–Kier alpha value is -0.0500. The van der Waals surface area contributed by atoms with Crippen LogP contribution in [0.3, 0.4) is 0 Å². The molecule has 138 valence electrons. The number of nitrogens with one attached hydrogen (secondary N) is 2. The summed E-state index contributed by atoms with van der Waals surface area (Å²) in [4.78, 5) is 4.70. The third-order valence-electron chi connectivity index (χ3n) is 4.20. The molecule has 0 radical (unpaired) electrons. The summed E-state index contributed by atoms with van der Waals surface area (Å²) in [6, 6.07) is 0.0952. The molecule has 23 heavy (non-hydrogen) atoms. The predicted octanol–water partition coefficient (Wildman–Crippen LogP) is 2.81. The molecule has 3 unspecified atom stereocenters. The van der Waals surface area contributed by atoms with E-state index in [0.717, 1.165) is 25.0 Å². The van der Waals surface area contributed by atoms with Gasteiger partial charge in [-0.2, -0.15) is 0 Å². The molecule has 0 aliphatic heterocycles. The smallest absolute Gasteiger partial charge is 0.191 e. The minimum atomic E-state index is -2.90. The Bertz CT molecular complexity index is 454. The van der Waals surface area contributed by atoms with Gasteiger partial charge in [-0.1, -0.05) is 19.8 Å². The second-order valence-electron chi connectivity index (χ2n) is 6.82. The highest BCUT2D eigenvalue weighted by Gasteiger charge is 2.18. The molecule has 0 amide bonds. The van der Waals surface area contributed by atoms with Crippen molar-refractivity contribution in [3.8, 4) is 0 Å². The molecule has 1 rings (SSSR count). The van der Waals surface area contributed by atoms with Crippen LogP contribution in [-0.2, 0) is 9.84 Å². The van der Waals surface area contributed by atoms with Gasteiger partial charge in [-0.15, -0.1) is 24.0 Å². The first kappa shape index (κ1) is 22.9. The molecule has 7 heteroatoms. The number of sulfone groups is 1. The number of rotatable bonds is 7. The van der Waals surface area contributed by atoms with E-state index in [2.05, 4.69) is 17.6 Å². The van der Waals surface area contributed by atoms with Gasteiger partial charge in [0.05, 0.1) is 5.75 Å². The summed E-state index contributed by atoms with van der Waals surface area (Å²) in [5.41, 5.74) is 0. The van der Waals surface area contributed by atoms with Gasteiger partial charge in [0.25, 0.3) is 0 Å². The number of guanidine groups is 1. The zero-order chi connectivity index (χ0) is 16.6. The molecular weight excluding hydrogens is 425 g/mol. The Balaban J connectivity index is 0.00000484. The van der Waals surface area contributed by atoms with Gasteiger partial charge in [0.1, 0.15) is 9.84 Å². The highest BCUT2D eigenvalue weighted by Crippen LogP contribution is 2.28. The van der Waals surface area contributed by atoms with Crippen LogP contribution in [-0.4, -0.2) is 45.5 Å². The minimum Gasteiger partial charge on any atom is -0.357 e. The molecule has 2 N–H and O–H groups in total. The van der Waals surface area contributed by atoms with E-state index in [4.69, 9.17) is 4.99 Å². The number of aliphatic imine (C=N–C) groups is 1. The fourth-order valence-corrected chi connectivity index (χ4v) is 3.74. The Labute approximate surface area is 159 Å². The number of halogens is 1. The molecule has 1 saturated carbocycles. The molecule has 0 saturated heterocycles. The summed E-state index contributed by atoms with van der Waals surface area (Å²) in [5, 5.41) is 6.57. The molecule has 0 bridgehead atoms. The third kappa shape index (κ3) is 11.2. The lowest BCUT2D eigenvalue weighted by Gasteiger charge is -2.26. The van der Waals surface area contributed by atoms with E-state index in [1.54, 1.807) is 0 Å². The lowest BCUT2D eigenvalue weighted by molar-refractivity contribution is 0.289. The molecule has 3 atom stereocenters. The zero-order valence-corrected chi connectivity index (χ0v) is 18.1. The average Bonchev–Trinajstić information content (AvgIpc) is 2.42. The van der Waals surface area contributed by atoms with Crippen LogP contribution in [0.15, 0.2) is 4.99 Å². The first-order valence-corrected chi connectivity index (χ1v) is 10.6. The van der Waals surface area contributed by atoms with Gasteiger partial charge < -0.3 is 10.6 Å². The Kier molecular flexibility index (Phi) is 11.5. The second-order valence-corrected chi connectivity index (χ2v) is 9.08. The van der Waals surface area contributed by atoms with Crippen molar-refractivity contribution in [1.82, 2.24) is 10.6 Å². The van der Waals surface area contributed by atoms with Crippen molar-refractivity contribution in [1.29, 1.82) is 0 Å². The summed E-state index contributed by atoms with van der Waals surface area (Å²) < 4.78 is 22.5. The molecule has 0 aromatic rings. The average molecular weight is 459 g/mol. The molecule has 1 aliphatic rings. The fraction of sp³-hybridized carbons (Fsp3) is 0.938. The predicted molar refractivity (Wildman–Crippen MR) is 109 cm³/mol. The van der Waals surface area contributed by atoms with Gasteiger partial charge in [0.2, 0.25) is 0 Å². The van der Waals surface area contributed by atoms with Gasteiger partial charge in [0.15, 0.2) is 5.96 Å². The first-order valence-electron chi connectivity index (χ1n) is 8.52. The van der Waals surface area contributed by atoms with Crippen molar-refractivity contribution >= 4 is 39.8 Å². The maximum Gasteiger partial charge on any atom is 0.191 e. The summed E-state index contributed by atoms with van der Waals surface area (Å²) in [7, 11) is -2.90. The number of hydrogen-bond donors (Lipinski definition) is 2. The van der Waals surface area contributed by atoms with Crippen LogP contribution < -0.4 is 10.6 Å². The van der Waals surface area contributed by atoms with Crippen LogP contribution in [0.4, 0.5) is 0 Å². The molecule has 1 aliphatic carbocycles. The standard InChI is InChI=1S/C16H33N3O2S.HI/c1-5-17-16(19-14(3)9-10-22(4,20)21)18-12-15-8-6-7-13(2)11-15;/h13-15H,5-12H2,1-4H3,(H2,17,18,19);1H. The Morgan fingerprint density at radius 2 is 2.04 bits per heavy atom. The van der Waals surface area contributed by atoms with Crippen LogP contribution >= 0.6 is 24.0 Å². The maximum absolute atomic E-state index is 11.2. The van der Waals surface area contributed by atoms with Gasteiger partial charge in [-0.05, 0) is 44.9 Å². The van der Waals surface area contributed by atoms with Crippen LogP contribution in [0.1, 0.15) is 52.9 Å². The van der Waals surface area contributed by atoms with Gasteiger partial charge >= 0.3 is 0 Å². The SMILES string of the molecule is CCNC(=NCC1CCCC(C)C1)NC(C)CCS(C)(=O)=O.I. The number of nitrogens with zero attached hydrogens (tertiary/aromatic N) is 1. The second kappa shape index (κ2) is 11.5. The van der Waals surface area contributed by atoms with Crippen molar-refractivity contribution in [2.75, 3.05) is 25.1 Å². The quantitative estimate of drug-likeness (QED) is 0.349. The Morgan fingerprint density at radius 1 is 1.35 bits per heavy atom. The van der Waals surface area contributed by atoms with Crippen LogP contribution in [0.25, 0.3) is 0 Å². The molecule has 0 spiro atoms. The van der Waals surface area contributed by atoms with Gasteiger partial charge in [0, 0.05) is 25.4 Å². The molecule has 0 aromatic heterocycles. The van der Waals surface area contributed by atoms with Crippen molar-refractivity contribution < 1.29 is 8.42 Å². The van der Waals surface area contributed by atoms with Crippen molar-refractivity contribution in [2.24, 2.45) is 16.8 Å². The van der Waals surface area contributed by atoms with E-state index in [0.29, 0.717) is 12.3 Å². The molecule has 5 nitrogen and oxygen atoms in total. The van der Waals surface area contributed by atoms with E-state index in [-0.39, 0.29) is 35.8 Å². The minimum absolute atomic E-state index is 0. The molecular formula is C16H34IN3O2S. The van der Waals surface area contributed by atoms with Crippen molar-refractivity contribution in [3.63, 3.8) is 0 Å². The maximum atomic E-state index is 11.2. The normalized spacial score (nSPS) is 23.7. The lowest BCUT2D eigenvalue weighted by atomic mass is 9.82. The van der Waals surface area contributed by atoms with E-state index < -0.39 is 9.84 Å². The van der Waals surface area contributed by atoms with Crippen LogP contribution in [0.2, 0.25) is 0 Å².